The number of aliphatic hydroxyl groups is 1. The van der Waals surface area contributed by atoms with E-state index in [2.05, 4.69) is 41.4 Å². The number of rotatable bonds is 4. The minimum atomic E-state index is -0.660. The number of benzene rings is 1. The van der Waals surface area contributed by atoms with E-state index in [4.69, 9.17) is 0 Å². The van der Waals surface area contributed by atoms with Crippen LogP contribution in [0.15, 0.2) is 36.4 Å². The summed E-state index contributed by atoms with van der Waals surface area (Å²) in [6.07, 6.45) is 16.6. The number of hydrogen-bond acceptors (Lipinski definition) is 4. The highest BCUT2D eigenvalue weighted by Crippen LogP contribution is 2.66. The lowest BCUT2D eigenvalue weighted by molar-refractivity contribution is 0.0120. The highest BCUT2D eigenvalue weighted by molar-refractivity contribution is 5.74. The van der Waals surface area contributed by atoms with Gasteiger partial charge in [0.1, 0.15) is 12.0 Å². The van der Waals surface area contributed by atoms with Crippen molar-refractivity contribution in [2.24, 2.45) is 23.2 Å². The molecule has 2 N–H and O–H groups in total. The summed E-state index contributed by atoms with van der Waals surface area (Å²) in [6.45, 7) is 2.31. The van der Waals surface area contributed by atoms with Crippen LogP contribution in [0.25, 0.3) is 0 Å². The molecule has 5 fully saturated rings. The average Bonchev–Trinajstić information content (AvgIpc) is 3.18. The number of carbonyl (C=O) groups is 1. The van der Waals surface area contributed by atoms with Gasteiger partial charge in [-0.1, -0.05) is 56.2 Å². The van der Waals surface area contributed by atoms with Gasteiger partial charge in [-0.15, -0.1) is 0 Å². The Balaban J connectivity index is 1.17. The lowest BCUT2D eigenvalue weighted by atomic mass is 9.67. The third-order valence-corrected chi connectivity index (χ3v) is 10.7. The van der Waals surface area contributed by atoms with Crippen molar-refractivity contribution in [3.8, 4) is 0 Å². The zero-order chi connectivity index (χ0) is 21.7. The van der Waals surface area contributed by atoms with Crippen LogP contribution >= 0.6 is 0 Å². The lowest BCUT2D eigenvalue weighted by Crippen LogP contribution is -2.58. The molecular weight excluding hydrogens is 396 g/mol. The zero-order valence-corrected chi connectivity index (χ0v) is 19.1. The molecule has 1 aromatic carbocycles. The van der Waals surface area contributed by atoms with E-state index in [9.17, 15) is 9.90 Å². The monoisotopic (exact) mass is 432 g/mol. The normalized spacial score (nSPS) is 48.1. The van der Waals surface area contributed by atoms with Crippen molar-refractivity contribution in [3.05, 3.63) is 47.5 Å². The van der Waals surface area contributed by atoms with Crippen molar-refractivity contribution >= 4 is 6.29 Å². The summed E-state index contributed by atoms with van der Waals surface area (Å²) in [4.78, 5) is 13.5. The van der Waals surface area contributed by atoms with Crippen LogP contribution in [0.1, 0.15) is 80.1 Å². The topological polar surface area (TPSA) is 52.3 Å². The van der Waals surface area contributed by atoms with Crippen LogP contribution in [0.3, 0.4) is 0 Å². The molecule has 3 saturated heterocycles. The first-order valence-corrected chi connectivity index (χ1v) is 13.1. The number of fused-ring (bicyclic) bond motifs is 2. The smallest absolute Gasteiger partial charge is 0.150 e. The maximum absolute atomic E-state index is 11.9. The molecule has 1 aromatic rings. The third kappa shape index (κ3) is 2.47. The van der Waals surface area contributed by atoms with E-state index >= 15 is 0 Å². The van der Waals surface area contributed by atoms with Crippen molar-refractivity contribution < 1.29 is 9.90 Å². The van der Waals surface area contributed by atoms with Gasteiger partial charge in [-0.2, -0.15) is 0 Å². The summed E-state index contributed by atoms with van der Waals surface area (Å²) < 4.78 is 0. The van der Waals surface area contributed by atoms with Gasteiger partial charge in [0.05, 0.1) is 6.04 Å². The quantitative estimate of drug-likeness (QED) is 0.424. The molecule has 10 unspecified atom stereocenters. The molecule has 4 bridgehead atoms. The molecule has 4 heterocycles. The Morgan fingerprint density at radius 3 is 2.62 bits per heavy atom. The van der Waals surface area contributed by atoms with Gasteiger partial charge in [0.15, 0.2) is 0 Å². The Kier molecular flexibility index (Phi) is 4.22. The van der Waals surface area contributed by atoms with Crippen molar-refractivity contribution in [1.29, 1.82) is 0 Å². The number of nitrogens with one attached hydrogen (secondary N) is 1. The van der Waals surface area contributed by atoms with E-state index in [0.717, 1.165) is 17.8 Å². The predicted octanol–water partition coefficient (Wildman–Crippen LogP) is 4.25. The largest absolute Gasteiger partial charge is 0.373 e. The summed E-state index contributed by atoms with van der Waals surface area (Å²) in [5.41, 5.74) is 1.89. The molecule has 0 aromatic heterocycles. The van der Waals surface area contributed by atoms with Gasteiger partial charge in [0, 0.05) is 35.5 Å². The first-order valence-electron chi connectivity index (χ1n) is 13.1. The third-order valence-electron chi connectivity index (χ3n) is 10.7. The van der Waals surface area contributed by atoms with Crippen molar-refractivity contribution in [2.75, 3.05) is 0 Å². The Bertz CT molecular complexity index is 951. The van der Waals surface area contributed by atoms with E-state index in [1.807, 2.05) is 12.1 Å². The van der Waals surface area contributed by atoms with Crippen molar-refractivity contribution in [3.63, 3.8) is 0 Å². The summed E-state index contributed by atoms with van der Waals surface area (Å²) >= 11 is 0. The van der Waals surface area contributed by atoms with E-state index in [-0.39, 0.29) is 6.04 Å². The highest BCUT2D eigenvalue weighted by Gasteiger charge is 2.78. The van der Waals surface area contributed by atoms with Crippen LogP contribution < -0.4 is 5.32 Å². The van der Waals surface area contributed by atoms with Gasteiger partial charge >= 0.3 is 0 Å². The van der Waals surface area contributed by atoms with Gasteiger partial charge in [0.25, 0.3) is 0 Å². The molecule has 4 aliphatic heterocycles. The van der Waals surface area contributed by atoms with Crippen LogP contribution in [0, 0.1) is 23.2 Å². The number of carbonyl (C=O) groups excluding carboxylic acids is 1. The van der Waals surface area contributed by atoms with E-state index in [1.54, 1.807) is 0 Å². The highest BCUT2D eigenvalue weighted by atomic mass is 16.3. The number of nitrogens with zero attached hydrogens (tertiary/aromatic N) is 1. The number of aldehydes is 1. The van der Waals surface area contributed by atoms with Gasteiger partial charge in [0.2, 0.25) is 0 Å². The maximum Gasteiger partial charge on any atom is 0.150 e. The minimum Gasteiger partial charge on any atom is -0.373 e. The van der Waals surface area contributed by atoms with Gasteiger partial charge in [-0.3, -0.25) is 9.69 Å². The van der Waals surface area contributed by atoms with Gasteiger partial charge in [-0.25, -0.2) is 0 Å². The number of hydrogen-bond donors (Lipinski definition) is 2. The zero-order valence-electron chi connectivity index (χ0n) is 19.1. The lowest BCUT2D eigenvalue weighted by Gasteiger charge is -2.46. The molecule has 3 aliphatic carbocycles. The van der Waals surface area contributed by atoms with Gasteiger partial charge < -0.3 is 10.4 Å². The molecule has 32 heavy (non-hydrogen) atoms. The summed E-state index contributed by atoms with van der Waals surface area (Å²) in [7, 11) is 0. The average molecular weight is 433 g/mol. The molecule has 4 nitrogen and oxygen atoms in total. The summed E-state index contributed by atoms with van der Waals surface area (Å²) in [6, 6.07) is 9.69. The molecule has 0 amide bonds. The fourth-order valence-electron chi connectivity index (χ4n) is 9.28. The van der Waals surface area contributed by atoms with E-state index in [1.165, 1.54) is 56.9 Å². The first kappa shape index (κ1) is 19.9. The second-order valence-electron chi connectivity index (χ2n) is 11.9. The predicted molar refractivity (Wildman–Crippen MR) is 124 cm³/mol. The van der Waals surface area contributed by atoms with Crippen LogP contribution in [-0.2, 0) is 0 Å². The molecular formula is C28H36N2O2. The minimum absolute atomic E-state index is 0.183. The van der Waals surface area contributed by atoms with E-state index in [0.29, 0.717) is 41.3 Å². The fraction of sp³-hybridized carbons (Fsp3) is 0.679. The fourth-order valence-corrected chi connectivity index (χ4v) is 9.28. The Morgan fingerprint density at radius 2 is 1.88 bits per heavy atom. The van der Waals surface area contributed by atoms with Crippen LogP contribution in [-0.4, -0.2) is 46.2 Å². The summed E-state index contributed by atoms with van der Waals surface area (Å²) in [5.74, 6) is 1.87. The Hall–Kier alpha value is -1.49. The standard InChI is InChI=1S/C28H36N2O2/c1-17(19-6-4-18(16-31)5-7-19)25-21-9-11-23-28(32,30(23)25)24(21)22-10-8-20-12-15-27(26(20)29-22)13-2-3-14-27/h4-7,9,11,16-17,20-26,29,32H,2-3,8,10,12-15H2,1H3. The molecule has 7 aliphatic rings. The van der Waals surface area contributed by atoms with Crippen LogP contribution in [0.5, 0.6) is 0 Å². The molecule has 1 spiro atoms. The molecule has 10 atom stereocenters. The van der Waals surface area contributed by atoms with E-state index < -0.39 is 5.72 Å². The molecule has 170 valence electrons. The maximum atomic E-state index is 11.9. The first-order chi connectivity index (χ1) is 15.6. The van der Waals surface area contributed by atoms with Crippen molar-refractivity contribution in [2.45, 2.75) is 94.1 Å². The Labute approximate surface area is 191 Å². The SMILES string of the molecule is CC(c1ccc(C=O)cc1)C1C2C=CC3N1C3(O)C2C1CCC2CCC3(CCCC3)C2N1. The second-order valence-corrected chi connectivity index (χ2v) is 11.9. The van der Waals surface area contributed by atoms with Crippen LogP contribution in [0.2, 0.25) is 0 Å². The molecule has 4 heteroatoms. The van der Waals surface area contributed by atoms with Crippen molar-refractivity contribution in [1.82, 2.24) is 10.2 Å². The Morgan fingerprint density at radius 1 is 1.09 bits per heavy atom. The summed E-state index contributed by atoms with van der Waals surface area (Å²) in [5, 5.41) is 16.1. The molecule has 2 saturated carbocycles. The van der Waals surface area contributed by atoms with Gasteiger partial charge in [-0.05, 0) is 61.3 Å². The molecule has 8 rings (SSSR count). The van der Waals surface area contributed by atoms with Crippen LogP contribution in [0.4, 0.5) is 0 Å². The molecule has 0 radical (unpaired) electrons. The second kappa shape index (κ2) is 6.77. The number of piperidine rings is 2.